The predicted molar refractivity (Wildman–Crippen MR) is 142 cm³/mol. The van der Waals surface area contributed by atoms with Gasteiger partial charge in [0.15, 0.2) is 5.52 Å². The fourth-order valence-electron chi connectivity index (χ4n) is 4.96. The number of imidazole rings is 1. The fourth-order valence-corrected chi connectivity index (χ4v) is 4.96. The molecule has 0 bridgehead atoms. The molecule has 4 heteroatoms. The summed E-state index contributed by atoms with van der Waals surface area (Å²) in [6, 6.07) is 8.09. The van der Waals surface area contributed by atoms with E-state index in [-0.39, 0.29) is 5.56 Å². The maximum atomic E-state index is 12.7. The maximum Gasteiger partial charge on any atom is 0.276 e. The summed E-state index contributed by atoms with van der Waals surface area (Å²) in [5.74, 6) is 1.58. The van der Waals surface area contributed by atoms with Gasteiger partial charge in [-0.3, -0.25) is 4.79 Å². The lowest BCUT2D eigenvalue weighted by atomic mass is 10.0. The molecule has 4 nitrogen and oxygen atoms in total. The van der Waals surface area contributed by atoms with Gasteiger partial charge >= 0.3 is 0 Å². The van der Waals surface area contributed by atoms with E-state index in [1.165, 1.54) is 77.0 Å². The lowest BCUT2D eigenvalue weighted by molar-refractivity contribution is 0.507. The van der Waals surface area contributed by atoms with Gasteiger partial charge in [0.25, 0.3) is 5.56 Å². The molecular formula is C29H45N3O. The molecule has 0 atom stereocenters. The Hall–Kier alpha value is -2.10. The molecule has 0 fully saturated rings. The number of unbranched alkanes of at least 4 members (excludes halogenated alkanes) is 12. The van der Waals surface area contributed by atoms with Crippen LogP contribution in [0.25, 0.3) is 21.9 Å². The molecule has 0 aliphatic carbocycles. The summed E-state index contributed by atoms with van der Waals surface area (Å²) in [7, 11) is 0. The van der Waals surface area contributed by atoms with Crippen molar-refractivity contribution in [2.24, 2.45) is 5.92 Å². The maximum absolute atomic E-state index is 12.7. The van der Waals surface area contributed by atoms with Crippen molar-refractivity contribution in [1.29, 1.82) is 0 Å². The molecule has 2 aromatic heterocycles. The van der Waals surface area contributed by atoms with Gasteiger partial charge in [-0.05, 0) is 18.4 Å². The van der Waals surface area contributed by atoms with Crippen LogP contribution in [-0.2, 0) is 13.0 Å². The van der Waals surface area contributed by atoms with Crippen LogP contribution in [0.3, 0.4) is 0 Å². The third-order valence-corrected chi connectivity index (χ3v) is 6.74. The van der Waals surface area contributed by atoms with Crippen LogP contribution in [0.2, 0.25) is 0 Å². The topological polar surface area (TPSA) is 50.7 Å². The highest BCUT2D eigenvalue weighted by molar-refractivity contribution is 6.02. The van der Waals surface area contributed by atoms with Crippen molar-refractivity contribution in [2.75, 3.05) is 0 Å². The highest BCUT2D eigenvalue weighted by Gasteiger charge is 2.17. The Kier molecular flexibility index (Phi) is 10.5. The molecule has 0 radical (unpaired) electrons. The molecule has 0 aliphatic rings. The molecule has 0 spiro atoms. The van der Waals surface area contributed by atoms with Crippen molar-refractivity contribution in [3.63, 3.8) is 0 Å². The van der Waals surface area contributed by atoms with E-state index in [1.807, 2.05) is 18.2 Å². The summed E-state index contributed by atoms with van der Waals surface area (Å²) in [6.07, 6.45) is 18.6. The number of nitrogens with one attached hydrogen (secondary N) is 1. The van der Waals surface area contributed by atoms with E-state index in [0.29, 0.717) is 11.4 Å². The minimum atomic E-state index is -0.0715. The van der Waals surface area contributed by atoms with E-state index in [9.17, 15) is 4.79 Å². The molecule has 0 amide bonds. The molecule has 182 valence electrons. The second-order valence-electron chi connectivity index (χ2n) is 10.2. The summed E-state index contributed by atoms with van der Waals surface area (Å²) in [4.78, 5) is 20.5. The molecule has 3 rings (SSSR count). The van der Waals surface area contributed by atoms with Crippen LogP contribution < -0.4 is 5.56 Å². The zero-order valence-corrected chi connectivity index (χ0v) is 21.3. The summed E-state index contributed by atoms with van der Waals surface area (Å²) in [5, 5.41) is 1.09. The lowest BCUT2D eigenvalue weighted by Gasteiger charge is -2.13. The van der Waals surface area contributed by atoms with Gasteiger partial charge in [-0.1, -0.05) is 116 Å². The number of rotatable bonds is 16. The summed E-state index contributed by atoms with van der Waals surface area (Å²) >= 11 is 0. The molecule has 0 saturated heterocycles. The number of nitrogens with zero attached hydrogens (tertiary/aromatic N) is 2. The Bertz CT molecular complexity index is 1030. The molecular weight excluding hydrogens is 406 g/mol. The zero-order chi connectivity index (χ0) is 23.5. The van der Waals surface area contributed by atoms with Crippen LogP contribution in [0, 0.1) is 5.92 Å². The van der Waals surface area contributed by atoms with Gasteiger partial charge in [0.2, 0.25) is 0 Å². The molecule has 3 aromatic rings. The number of hydrogen-bond acceptors (Lipinski definition) is 2. The van der Waals surface area contributed by atoms with Crippen molar-refractivity contribution in [3.8, 4) is 0 Å². The van der Waals surface area contributed by atoms with Crippen LogP contribution in [0.5, 0.6) is 0 Å². The largest absolute Gasteiger partial charge is 0.327 e. The average Bonchev–Trinajstić information content (AvgIpc) is 3.15. The molecule has 33 heavy (non-hydrogen) atoms. The second kappa shape index (κ2) is 13.6. The van der Waals surface area contributed by atoms with E-state index >= 15 is 0 Å². The van der Waals surface area contributed by atoms with Crippen molar-refractivity contribution in [3.05, 3.63) is 40.4 Å². The minimum Gasteiger partial charge on any atom is -0.327 e. The number of para-hydroxylation sites is 1. The first-order valence-corrected chi connectivity index (χ1v) is 13.6. The smallest absolute Gasteiger partial charge is 0.276 e. The number of fused-ring (bicyclic) bond motifs is 3. The Labute approximate surface area is 200 Å². The average molecular weight is 452 g/mol. The van der Waals surface area contributed by atoms with Crippen molar-refractivity contribution >= 4 is 21.9 Å². The van der Waals surface area contributed by atoms with Crippen molar-refractivity contribution in [1.82, 2.24) is 14.5 Å². The number of H-pyrrole nitrogens is 1. The third-order valence-electron chi connectivity index (χ3n) is 6.74. The van der Waals surface area contributed by atoms with E-state index in [4.69, 9.17) is 4.98 Å². The van der Waals surface area contributed by atoms with Gasteiger partial charge in [0.1, 0.15) is 5.82 Å². The van der Waals surface area contributed by atoms with Crippen molar-refractivity contribution < 1.29 is 0 Å². The molecule has 0 unspecified atom stereocenters. The normalized spacial score (nSPS) is 11.9. The van der Waals surface area contributed by atoms with Gasteiger partial charge in [-0.25, -0.2) is 4.98 Å². The summed E-state index contributed by atoms with van der Waals surface area (Å²) < 4.78 is 2.32. The second-order valence-corrected chi connectivity index (χ2v) is 10.2. The fraction of sp³-hybridized carbons (Fsp3) is 0.655. The highest BCUT2D eigenvalue weighted by atomic mass is 16.1. The third kappa shape index (κ3) is 7.45. The number of aryl methyl sites for hydroxylation is 1. The minimum absolute atomic E-state index is 0.0715. The van der Waals surface area contributed by atoms with Crippen LogP contribution >= 0.6 is 0 Å². The Morgan fingerprint density at radius 1 is 0.848 bits per heavy atom. The summed E-state index contributed by atoms with van der Waals surface area (Å²) in [5.41, 5.74) is 2.43. The quantitative estimate of drug-likeness (QED) is 0.223. The molecule has 0 aliphatic heterocycles. The summed E-state index contributed by atoms with van der Waals surface area (Å²) in [6.45, 7) is 7.65. The number of benzene rings is 1. The van der Waals surface area contributed by atoms with E-state index in [1.54, 1.807) is 0 Å². The number of aromatic amines is 1. The van der Waals surface area contributed by atoms with Crippen LogP contribution in [0.4, 0.5) is 0 Å². The van der Waals surface area contributed by atoms with Gasteiger partial charge in [-0.15, -0.1) is 0 Å². The molecule has 1 N–H and O–H groups in total. The standard InChI is InChI=1S/C29H45N3O/c1-4-5-6-7-8-9-10-11-12-13-14-15-16-21-26-31-27-28(32(26)22-23(2)3)24-19-17-18-20-25(24)30-29(27)33/h17-20,23H,4-16,21-22H2,1-3H3,(H,30,33). The first-order chi connectivity index (χ1) is 16.1. The number of hydrogen-bond donors (Lipinski definition) is 1. The molecule has 0 saturated carbocycles. The van der Waals surface area contributed by atoms with Crippen molar-refractivity contribution in [2.45, 2.75) is 117 Å². The zero-order valence-electron chi connectivity index (χ0n) is 21.3. The highest BCUT2D eigenvalue weighted by Crippen LogP contribution is 2.24. The van der Waals surface area contributed by atoms with Crippen LogP contribution in [-0.4, -0.2) is 14.5 Å². The monoisotopic (exact) mass is 451 g/mol. The Morgan fingerprint density at radius 2 is 1.42 bits per heavy atom. The van der Waals surface area contributed by atoms with Gasteiger partial charge in [0.05, 0.1) is 11.0 Å². The van der Waals surface area contributed by atoms with E-state index < -0.39 is 0 Å². The van der Waals surface area contributed by atoms with E-state index in [0.717, 1.165) is 41.6 Å². The number of aromatic nitrogens is 3. The van der Waals surface area contributed by atoms with Crippen LogP contribution in [0.15, 0.2) is 29.1 Å². The van der Waals surface area contributed by atoms with Gasteiger partial charge in [0, 0.05) is 18.4 Å². The first kappa shape index (κ1) is 25.5. The molecule has 1 aromatic carbocycles. The van der Waals surface area contributed by atoms with Gasteiger partial charge in [-0.2, -0.15) is 0 Å². The lowest BCUT2D eigenvalue weighted by Crippen LogP contribution is -2.10. The van der Waals surface area contributed by atoms with E-state index in [2.05, 4.69) is 36.4 Å². The Balaban J connectivity index is 1.48. The number of pyridine rings is 1. The first-order valence-electron chi connectivity index (χ1n) is 13.6. The van der Waals surface area contributed by atoms with Crippen LogP contribution in [0.1, 0.15) is 110 Å². The molecule has 2 heterocycles. The predicted octanol–water partition coefficient (Wildman–Crippen LogP) is 8.17. The van der Waals surface area contributed by atoms with Gasteiger partial charge < -0.3 is 9.55 Å². The Morgan fingerprint density at radius 3 is 2.03 bits per heavy atom. The SMILES string of the molecule is CCCCCCCCCCCCCCCc1nc2c(=O)[nH]c3ccccc3c2n1CC(C)C.